The van der Waals surface area contributed by atoms with Gasteiger partial charge < -0.3 is 4.40 Å². The van der Waals surface area contributed by atoms with Gasteiger partial charge in [0.15, 0.2) is 0 Å². The third-order valence-electron chi connectivity index (χ3n) is 1.83. The summed E-state index contributed by atoms with van der Waals surface area (Å²) in [5.41, 5.74) is 3.12. The van der Waals surface area contributed by atoms with Gasteiger partial charge in [0.1, 0.15) is 5.65 Å². The second-order valence-electron chi connectivity index (χ2n) is 2.84. The van der Waals surface area contributed by atoms with Crippen LogP contribution in [0.1, 0.15) is 11.3 Å². The summed E-state index contributed by atoms with van der Waals surface area (Å²) in [7, 11) is 0. The Hall–Kier alpha value is -1.57. The first-order chi connectivity index (χ1) is 5.79. The highest BCUT2D eigenvalue weighted by Crippen LogP contribution is 2.07. The molecule has 0 saturated heterocycles. The van der Waals surface area contributed by atoms with Gasteiger partial charge >= 0.3 is 0 Å². The quantitative estimate of drug-likeness (QED) is 0.622. The van der Waals surface area contributed by atoms with E-state index in [4.69, 9.17) is 0 Å². The zero-order chi connectivity index (χ0) is 8.55. The van der Waals surface area contributed by atoms with Crippen molar-refractivity contribution in [3.8, 4) is 0 Å². The minimum atomic E-state index is 0.917. The van der Waals surface area contributed by atoms with Crippen LogP contribution in [-0.4, -0.2) is 9.38 Å². The third-order valence-corrected chi connectivity index (χ3v) is 1.83. The highest BCUT2D eigenvalue weighted by Gasteiger charge is 1.96. The van der Waals surface area contributed by atoms with Gasteiger partial charge in [-0.2, -0.15) is 0 Å². The molecule has 0 aliphatic carbocycles. The van der Waals surface area contributed by atoms with Crippen LogP contribution in [0.25, 0.3) is 11.7 Å². The average molecular weight is 158 g/mol. The number of fused-ring (bicyclic) bond motifs is 1. The number of hydrogen-bond acceptors (Lipinski definition) is 1. The number of aryl methyl sites for hydroxylation is 1. The summed E-state index contributed by atoms with van der Waals surface area (Å²) < 4.78 is 2.01. The van der Waals surface area contributed by atoms with Crippen molar-refractivity contribution >= 4 is 11.7 Å². The molecule has 0 bridgehead atoms. The number of imidazole rings is 1. The molecule has 0 aliphatic rings. The molecule has 2 aromatic heterocycles. The van der Waals surface area contributed by atoms with Crippen LogP contribution in [0.3, 0.4) is 0 Å². The first kappa shape index (κ1) is 7.10. The average Bonchev–Trinajstić information content (AvgIpc) is 2.46. The lowest BCUT2D eigenvalue weighted by Crippen LogP contribution is -1.82. The molecule has 0 unspecified atom stereocenters. The van der Waals surface area contributed by atoms with Crippen molar-refractivity contribution in [2.24, 2.45) is 0 Å². The lowest BCUT2D eigenvalue weighted by molar-refractivity contribution is 1.16. The smallest absolute Gasteiger partial charge is 0.137 e. The molecule has 2 heterocycles. The SMILES string of the molecule is C=Cc1cn2cc(C)ccc2n1. The molecule has 2 nitrogen and oxygen atoms in total. The maximum atomic E-state index is 4.32. The molecule has 0 aromatic carbocycles. The van der Waals surface area contributed by atoms with Gasteiger partial charge in [0.25, 0.3) is 0 Å². The molecule has 0 aliphatic heterocycles. The summed E-state index contributed by atoms with van der Waals surface area (Å²) in [6.07, 6.45) is 5.77. The zero-order valence-corrected chi connectivity index (χ0v) is 6.99. The van der Waals surface area contributed by atoms with Gasteiger partial charge in [0, 0.05) is 12.4 Å². The fraction of sp³-hybridized carbons (Fsp3) is 0.100. The highest BCUT2D eigenvalue weighted by molar-refractivity contribution is 5.50. The summed E-state index contributed by atoms with van der Waals surface area (Å²) in [6, 6.07) is 4.05. The van der Waals surface area contributed by atoms with E-state index < -0.39 is 0 Å². The van der Waals surface area contributed by atoms with Crippen molar-refractivity contribution in [3.05, 3.63) is 42.4 Å². The van der Waals surface area contributed by atoms with E-state index in [0.29, 0.717) is 0 Å². The lowest BCUT2D eigenvalue weighted by Gasteiger charge is -1.92. The van der Waals surface area contributed by atoms with Gasteiger partial charge in [-0.15, -0.1) is 0 Å². The zero-order valence-electron chi connectivity index (χ0n) is 6.99. The molecule has 60 valence electrons. The molecular formula is C10H10N2. The second-order valence-corrected chi connectivity index (χ2v) is 2.84. The van der Waals surface area contributed by atoms with Crippen LogP contribution in [0.5, 0.6) is 0 Å². The molecule has 0 N–H and O–H groups in total. The fourth-order valence-corrected chi connectivity index (χ4v) is 1.22. The first-order valence-corrected chi connectivity index (χ1v) is 3.87. The Morgan fingerprint density at radius 3 is 3.00 bits per heavy atom. The molecule has 2 rings (SSSR count). The first-order valence-electron chi connectivity index (χ1n) is 3.87. The monoisotopic (exact) mass is 158 g/mol. The van der Waals surface area contributed by atoms with Crippen molar-refractivity contribution in [1.82, 2.24) is 9.38 Å². The van der Waals surface area contributed by atoms with E-state index in [9.17, 15) is 0 Å². The van der Waals surface area contributed by atoms with E-state index in [0.717, 1.165) is 11.3 Å². The predicted molar refractivity (Wildman–Crippen MR) is 50.0 cm³/mol. The topological polar surface area (TPSA) is 17.3 Å². The Morgan fingerprint density at radius 1 is 1.42 bits per heavy atom. The van der Waals surface area contributed by atoms with Gasteiger partial charge in [0.05, 0.1) is 5.69 Å². The molecule has 0 spiro atoms. The second kappa shape index (κ2) is 2.48. The molecule has 12 heavy (non-hydrogen) atoms. The molecule has 0 atom stereocenters. The minimum Gasteiger partial charge on any atom is -0.306 e. The van der Waals surface area contributed by atoms with E-state index in [1.807, 2.05) is 16.7 Å². The van der Waals surface area contributed by atoms with Gasteiger partial charge in [0.2, 0.25) is 0 Å². The van der Waals surface area contributed by atoms with E-state index in [1.165, 1.54) is 5.56 Å². The normalized spacial score (nSPS) is 10.4. The van der Waals surface area contributed by atoms with Crippen LogP contribution in [0, 0.1) is 6.92 Å². The lowest BCUT2D eigenvalue weighted by atomic mass is 10.3. The van der Waals surface area contributed by atoms with Crippen molar-refractivity contribution in [2.75, 3.05) is 0 Å². The summed E-state index contributed by atoms with van der Waals surface area (Å²) in [5.74, 6) is 0. The summed E-state index contributed by atoms with van der Waals surface area (Å²) in [5, 5.41) is 0. The largest absolute Gasteiger partial charge is 0.306 e. The Balaban J connectivity index is 2.75. The van der Waals surface area contributed by atoms with Crippen molar-refractivity contribution in [2.45, 2.75) is 6.92 Å². The van der Waals surface area contributed by atoms with Crippen LogP contribution in [0.15, 0.2) is 31.1 Å². The van der Waals surface area contributed by atoms with Gasteiger partial charge in [-0.1, -0.05) is 12.6 Å². The molecule has 0 amide bonds. The van der Waals surface area contributed by atoms with Crippen molar-refractivity contribution in [3.63, 3.8) is 0 Å². The number of rotatable bonds is 1. The van der Waals surface area contributed by atoms with E-state index >= 15 is 0 Å². The number of pyridine rings is 1. The predicted octanol–water partition coefficient (Wildman–Crippen LogP) is 2.29. The Kier molecular flexibility index (Phi) is 1.47. The van der Waals surface area contributed by atoms with Gasteiger partial charge in [-0.25, -0.2) is 4.98 Å². The van der Waals surface area contributed by atoms with Crippen LogP contribution in [-0.2, 0) is 0 Å². The fourth-order valence-electron chi connectivity index (χ4n) is 1.22. The minimum absolute atomic E-state index is 0.917. The molecule has 0 radical (unpaired) electrons. The molecular weight excluding hydrogens is 148 g/mol. The molecule has 2 heteroatoms. The van der Waals surface area contributed by atoms with E-state index in [-0.39, 0.29) is 0 Å². The van der Waals surface area contributed by atoms with Gasteiger partial charge in [-0.3, -0.25) is 0 Å². The molecule has 0 saturated carbocycles. The van der Waals surface area contributed by atoms with Crippen LogP contribution < -0.4 is 0 Å². The third kappa shape index (κ3) is 1.01. The number of aromatic nitrogens is 2. The summed E-state index contributed by atoms with van der Waals surface area (Å²) >= 11 is 0. The van der Waals surface area contributed by atoms with Crippen LogP contribution in [0.2, 0.25) is 0 Å². The molecule has 2 aromatic rings. The maximum absolute atomic E-state index is 4.32. The summed E-state index contributed by atoms with van der Waals surface area (Å²) in [6.45, 7) is 5.74. The van der Waals surface area contributed by atoms with Gasteiger partial charge in [-0.05, 0) is 24.6 Å². The van der Waals surface area contributed by atoms with Crippen molar-refractivity contribution in [1.29, 1.82) is 0 Å². The summed E-state index contributed by atoms with van der Waals surface area (Å²) in [4.78, 5) is 4.32. The van der Waals surface area contributed by atoms with E-state index in [2.05, 4.69) is 30.7 Å². The van der Waals surface area contributed by atoms with Crippen LogP contribution in [0.4, 0.5) is 0 Å². The van der Waals surface area contributed by atoms with E-state index in [1.54, 1.807) is 6.08 Å². The maximum Gasteiger partial charge on any atom is 0.137 e. The highest BCUT2D eigenvalue weighted by atomic mass is 15.0. The standard InChI is InChI=1S/C10H10N2/c1-3-9-7-12-6-8(2)4-5-10(12)11-9/h3-7H,1H2,2H3. The number of hydrogen-bond donors (Lipinski definition) is 0. The number of nitrogens with zero attached hydrogens (tertiary/aromatic N) is 2. The van der Waals surface area contributed by atoms with Crippen LogP contribution >= 0.6 is 0 Å². The molecule has 0 fully saturated rings. The van der Waals surface area contributed by atoms with Crippen molar-refractivity contribution < 1.29 is 0 Å². The Bertz CT molecular complexity index is 426. The Labute approximate surface area is 71.2 Å². The Morgan fingerprint density at radius 2 is 2.25 bits per heavy atom.